The van der Waals surface area contributed by atoms with Crippen molar-refractivity contribution in [3.8, 4) is 0 Å². The Morgan fingerprint density at radius 3 is 2.35 bits per heavy atom. The number of rotatable bonds is 2. The molecule has 1 amide bonds. The number of carbonyl (C=O) groups is 1. The summed E-state index contributed by atoms with van der Waals surface area (Å²) < 4.78 is 0. The molecule has 2 atom stereocenters. The van der Waals surface area contributed by atoms with Gasteiger partial charge in [-0.05, 0) is 26.8 Å². The molecular formula is C14H25N5O. The molecule has 2 unspecified atom stereocenters. The van der Waals surface area contributed by atoms with Crippen LogP contribution in [0.5, 0.6) is 0 Å². The van der Waals surface area contributed by atoms with E-state index in [1.165, 1.54) is 0 Å². The number of nitrogens with one attached hydrogen (secondary N) is 1. The standard InChI is InChI=1S/C14H25N5O/c1-8(2)12-11(15)13(17-16-12)14(20)19-6-9(3)18(5)10(4)7-19/h8-10H,6-7,15H2,1-5H3,(H,16,17). The van der Waals surface area contributed by atoms with Crippen molar-refractivity contribution in [2.75, 3.05) is 25.9 Å². The summed E-state index contributed by atoms with van der Waals surface area (Å²) in [4.78, 5) is 16.7. The van der Waals surface area contributed by atoms with Crippen LogP contribution in [0.15, 0.2) is 0 Å². The Labute approximate surface area is 120 Å². The van der Waals surface area contributed by atoms with Crippen molar-refractivity contribution < 1.29 is 4.79 Å². The first-order valence-electron chi connectivity index (χ1n) is 7.17. The van der Waals surface area contributed by atoms with Gasteiger partial charge >= 0.3 is 0 Å². The molecule has 0 saturated carbocycles. The first kappa shape index (κ1) is 14.8. The minimum absolute atomic E-state index is 0.0718. The van der Waals surface area contributed by atoms with Crippen LogP contribution in [0, 0.1) is 0 Å². The molecule has 6 nitrogen and oxygen atoms in total. The van der Waals surface area contributed by atoms with Gasteiger partial charge in [-0.15, -0.1) is 0 Å². The lowest BCUT2D eigenvalue weighted by atomic mass is 10.1. The number of nitrogen functional groups attached to an aromatic ring is 1. The van der Waals surface area contributed by atoms with E-state index in [9.17, 15) is 4.79 Å². The topological polar surface area (TPSA) is 78.2 Å². The average Bonchev–Trinajstić information content (AvgIpc) is 2.76. The number of likely N-dealkylation sites (N-methyl/N-ethyl adjacent to an activating group) is 1. The summed E-state index contributed by atoms with van der Waals surface area (Å²) >= 11 is 0. The van der Waals surface area contributed by atoms with Crippen LogP contribution in [0.4, 0.5) is 5.69 Å². The Hall–Kier alpha value is -1.56. The molecule has 0 radical (unpaired) electrons. The molecule has 1 saturated heterocycles. The van der Waals surface area contributed by atoms with Crippen molar-refractivity contribution in [3.05, 3.63) is 11.4 Å². The lowest BCUT2D eigenvalue weighted by Gasteiger charge is -2.42. The Morgan fingerprint density at radius 2 is 1.90 bits per heavy atom. The molecule has 20 heavy (non-hydrogen) atoms. The molecule has 0 bridgehead atoms. The van der Waals surface area contributed by atoms with Crippen LogP contribution < -0.4 is 5.73 Å². The molecule has 1 aromatic rings. The lowest BCUT2D eigenvalue weighted by molar-refractivity contribution is 0.0410. The number of nitrogens with zero attached hydrogens (tertiary/aromatic N) is 3. The first-order valence-corrected chi connectivity index (χ1v) is 7.17. The minimum Gasteiger partial charge on any atom is -0.395 e. The molecule has 0 spiro atoms. The van der Waals surface area contributed by atoms with Crippen LogP contribution in [0.3, 0.4) is 0 Å². The van der Waals surface area contributed by atoms with Crippen LogP contribution >= 0.6 is 0 Å². The van der Waals surface area contributed by atoms with Crippen molar-refractivity contribution in [2.45, 2.75) is 45.7 Å². The van der Waals surface area contributed by atoms with E-state index in [0.717, 1.165) is 5.69 Å². The highest BCUT2D eigenvalue weighted by molar-refractivity contribution is 5.97. The molecular weight excluding hydrogens is 254 g/mol. The van der Waals surface area contributed by atoms with Crippen molar-refractivity contribution >= 4 is 11.6 Å². The van der Waals surface area contributed by atoms with Crippen LogP contribution in [-0.2, 0) is 0 Å². The number of aromatic amines is 1. The van der Waals surface area contributed by atoms with Gasteiger partial charge in [-0.2, -0.15) is 5.10 Å². The number of nitrogens with two attached hydrogens (primary N) is 1. The van der Waals surface area contributed by atoms with Gasteiger partial charge in [0.05, 0.1) is 11.4 Å². The molecule has 2 rings (SSSR count). The van der Waals surface area contributed by atoms with E-state index in [1.807, 2.05) is 18.7 Å². The predicted molar refractivity (Wildman–Crippen MR) is 79.7 cm³/mol. The fraction of sp³-hybridized carbons (Fsp3) is 0.714. The Bertz CT molecular complexity index is 484. The highest BCUT2D eigenvalue weighted by atomic mass is 16.2. The normalized spacial score (nSPS) is 24.4. The van der Waals surface area contributed by atoms with E-state index in [0.29, 0.717) is 36.6 Å². The van der Waals surface area contributed by atoms with Crippen LogP contribution in [-0.4, -0.2) is 58.1 Å². The fourth-order valence-corrected chi connectivity index (χ4v) is 2.69. The molecule has 1 fully saturated rings. The second kappa shape index (κ2) is 5.44. The number of hydrogen-bond donors (Lipinski definition) is 2. The summed E-state index contributed by atoms with van der Waals surface area (Å²) in [5, 5.41) is 7.02. The van der Waals surface area contributed by atoms with Crippen LogP contribution in [0.1, 0.15) is 49.8 Å². The number of aromatic nitrogens is 2. The summed E-state index contributed by atoms with van der Waals surface area (Å²) in [6.45, 7) is 9.73. The maximum absolute atomic E-state index is 12.6. The number of hydrogen-bond acceptors (Lipinski definition) is 4. The van der Waals surface area contributed by atoms with Crippen LogP contribution in [0.2, 0.25) is 0 Å². The maximum atomic E-state index is 12.6. The SMILES string of the molecule is CC(C)c1[nH]nc(C(=O)N2CC(C)N(C)C(C)C2)c1N. The third kappa shape index (κ3) is 2.52. The highest BCUT2D eigenvalue weighted by Crippen LogP contribution is 2.24. The summed E-state index contributed by atoms with van der Waals surface area (Å²) in [6.07, 6.45) is 0. The molecule has 1 aliphatic heterocycles. The predicted octanol–water partition coefficient (Wildman–Crippen LogP) is 1.28. The second-order valence-electron chi connectivity index (χ2n) is 6.13. The molecule has 0 aromatic carbocycles. The average molecular weight is 279 g/mol. The van der Waals surface area contributed by atoms with Gasteiger partial charge in [0.25, 0.3) is 5.91 Å². The lowest BCUT2D eigenvalue weighted by Crippen LogP contribution is -2.56. The Balaban J connectivity index is 2.20. The highest BCUT2D eigenvalue weighted by Gasteiger charge is 2.32. The summed E-state index contributed by atoms with van der Waals surface area (Å²) in [6, 6.07) is 0.680. The summed E-state index contributed by atoms with van der Waals surface area (Å²) in [5.74, 6) is 0.159. The zero-order valence-corrected chi connectivity index (χ0v) is 13.0. The van der Waals surface area contributed by atoms with E-state index in [-0.39, 0.29) is 11.8 Å². The van der Waals surface area contributed by atoms with E-state index >= 15 is 0 Å². The van der Waals surface area contributed by atoms with E-state index in [4.69, 9.17) is 5.73 Å². The molecule has 112 valence electrons. The molecule has 1 aromatic heterocycles. The van der Waals surface area contributed by atoms with Gasteiger partial charge in [-0.3, -0.25) is 14.8 Å². The largest absolute Gasteiger partial charge is 0.395 e. The quantitative estimate of drug-likeness (QED) is 0.855. The van der Waals surface area contributed by atoms with E-state index in [1.54, 1.807) is 0 Å². The maximum Gasteiger partial charge on any atom is 0.276 e. The number of anilines is 1. The third-order valence-electron chi connectivity index (χ3n) is 4.26. The first-order chi connectivity index (χ1) is 9.32. The number of amides is 1. The smallest absolute Gasteiger partial charge is 0.276 e. The van der Waals surface area contributed by atoms with Gasteiger partial charge in [-0.25, -0.2) is 0 Å². The Morgan fingerprint density at radius 1 is 1.35 bits per heavy atom. The van der Waals surface area contributed by atoms with E-state index < -0.39 is 0 Å². The molecule has 6 heteroatoms. The van der Waals surface area contributed by atoms with Gasteiger partial charge in [0, 0.05) is 25.2 Å². The number of piperazine rings is 1. The monoisotopic (exact) mass is 279 g/mol. The minimum atomic E-state index is -0.0718. The summed E-state index contributed by atoms with van der Waals surface area (Å²) in [7, 11) is 2.09. The second-order valence-corrected chi connectivity index (χ2v) is 6.13. The van der Waals surface area contributed by atoms with Crippen molar-refractivity contribution in [1.82, 2.24) is 20.0 Å². The Kier molecular flexibility index (Phi) is 4.04. The summed E-state index contributed by atoms with van der Waals surface area (Å²) in [5.41, 5.74) is 7.74. The molecule has 2 heterocycles. The zero-order valence-electron chi connectivity index (χ0n) is 13.0. The zero-order chi connectivity index (χ0) is 15.0. The van der Waals surface area contributed by atoms with Crippen molar-refractivity contribution in [2.24, 2.45) is 0 Å². The van der Waals surface area contributed by atoms with Crippen LogP contribution in [0.25, 0.3) is 0 Å². The third-order valence-corrected chi connectivity index (χ3v) is 4.26. The van der Waals surface area contributed by atoms with Gasteiger partial charge in [-0.1, -0.05) is 13.8 Å². The van der Waals surface area contributed by atoms with Crippen molar-refractivity contribution in [1.29, 1.82) is 0 Å². The van der Waals surface area contributed by atoms with Gasteiger partial charge in [0.1, 0.15) is 0 Å². The van der Waals surface area contributed by atoms with Crippen molar-refractivity contribution in [3.63, 3.8) is 0 Å². The van der Waals surface area contributed by atoms with Gasteiger partial charge in [0.2, 0.25) is 0 Å². The number of H-pyrrole nitrogens is 1. The van der Waals surface area contributed by atoms with E-state index in [2.05, 4.69) is 36.0 Å². The van der Waals surface area contributed by atoms with Gasteiger partial charge in [0.15, 0.2) is 5.69 Å². The number of carbonyl (C=O) groups excluding carboxylic acids is 1. The van der Waals surface area contributed by atoms with Gasteiger partial charge < -0.3 is 10.6 Å². The molecule has 1 aliphatic rings. The molecule has 0 aliphatic carbocycles. The fourth-order valence-electron chi connectivity index (χ4n) is 2.69. The molecule has 3 N–H and O–H groups in total.